The lowest BCUT2D eigenvalue weighted by atomic mass is 10.0. The van der Waals surface area contributed by atoms with Gasteiger partial charge in [0.1, 0.15) is 5.75 Å². The number of benzene rings is 3. The van der Waals surface area contributed by atoms with Crippen LogP contribution >= 0.6 is 0 Å². The maximum atomic E-state index is 13.4. The van der Waals surface area contributed by atoms with E-state index >= 15 is 0 Å². The minimum absolute atomic E-state index is 0.0245. The summed E-state index contributed by atoms with van der Waals surface area (Å²) in [4.78, 5) is 42.4. The van der Waals surface area contributed by atoms with Gasteiger partial charge in [-0.05, 0) is 54.3 Å². The average Bonchev–Trinajstić information content (AvgIpc) is 3.44. The van der Waals surface area contributed by atoms with E-state index in [4.69, 9.17) is 4.74 Å². The van der Waals surface area contributed by atoms with E-state index in [9.17, 15) is 14.4 Å². The van der Waals surface area contributed by atoms with Gasteiger partial charge in [0.05, 0.1) is 30.8 Å². The summed E-state index contributed by atoms with van der Waals surface area (Å²) in [5.74, 6) is -0.0360. The van der Waals surface area contributed by atoms with Crippen molar-refractivity contribution < 1.29 is 19.1 Å². The number of fused-ring (bicyclic) bond motifs is 1. The van der Waals surface area contributed by atoms with Crippen LogP contribution in [-0.4, -0.2) is 41.2 Å². The van der Waals surface area contributed by atoms with Gasteiger partial charge in [0.15, 0.2) is 0 Å². The van der Waals surface area contributed by atoms with Gasteiger partial charge in [0, 0.05) is 12.1 Å². The molecule has 0 saturated carbocycles. The van der Waals surface area contributed by atoms with Crippen LogP contribution in [0.3, 0.4) is 0 Å². The Labute approximate surface area is 192 Å². The molecule has 0 aliphatic carbocycles. The van der Waals surface area contributed by atoms with E-state index in [1.165, 1.54) is 4.90 Å². The van der Waals surface area contributed by atoms with Crippen molar-refractivity contribution in [3.8, 4) is 5.75 Å². The highest BCUT2D eigenvalue weighted by molar-refractivity contribution is 6.22. The first-order valence-corrected chi connectivity index (χ1v) is 11.1. The van der Waals surface area contributed by atoms with Crippen molar-refractivity contribution in [3.05, 3.63) is 101 Å². The van der Waals surface area contributed by atoms with Gasteiger partial charge >= 0.3 is 0 Å². The van der Waals surface area contributed by atoms with E-state index in [2.05, 4.69) is 0 Å². The third-order valence-electron chi connectivity index (χ3n) is 6.42. The van der Waals surface area contributed by atoms with Crippen molar-refractivity contribution in [2.45, 2.75) is 25.4 Å². The quantitative estimate of drug-likeness (QED) is 0.549. The molecule has 0 radical (unpaired) electrons. The Morgan fingerprint density at radius 1 is 0.939 bits per heavy atom. The molecule has 3 aromatic carbocycles. The predicted molar refractivity (Wildman–Crippen MR) is 123 cm³/mol. The van der Waals surface area contributed by atoms with Gasteiger partial charge in [0.25, 0.3) is 17.7 Å². The molecule has 33 heavy (non-hydrogen) atoms. The van der Waals surface area contributed by atoms with Crippen LogP contribution < -0.4 is 4.74 Å². The number of likely N-dealkylation sites (tertiary alicyclic amines) is 1. The number of nitrogens with zero attached hydrogens (tertiary/aromatic N) is 2. The molecule has 5 rings (SSSR count). The molecule has 0 spiro atoms. The Bertz CT molecular complexity index is 1220. The van der Waals surface area contributed by atoms with Crippen LogP contribution in [0.15, 0.2) is 72.8 Å². The Morgan fingerprint density at radius 3 is 2.39 bits per heavy atom. The van der Waals surface area contributed by atoms with Gasteiger partial charge < -0.3 is 9.64 Å². The standard InChI is InChI=1S/C27H24N2O4/c1-33-21-12-9-19(10-13-21)24-8-5-15-28(24)25(30)20-11-14-22-23(16-20)27(32)29(26(22)31)17-18-6-3-2-4-7-18/h2-4,6-7,9-14,16,24H,5,8,15,17H2,1H3. The second-order valence-electron chi connectivity index (χ2n) is 8.37. The third-order valence-corrected chi connectivity index (χ3v) is 6.42. The molecule has 2 aliphatic heterocycles. The van der Waals surface area contributed by atoms with Crippen LogP contribution in [0.1, 0.15) is 61.1 Å². The maximum Gasteiger partial charge on any atom is 0.261 e. The lowest BCUT2D eigenvalue weighted by Gasteiger charge is -2.25. The minimum Gasteiger partial charge on any atom is -0.497 e. The second-order valence-corrected chi connectivity index (χ2v) is 8.37. The van der Waals surface area contributed by atoms with Crippen molar-refractivity contribution in [3.63, 3.8) is 0 Å². The molecule has 3 aromatic rings. The van der Waals surface area contributed by atoms with Crippen LogP contribution in [0, 0.1) is 0 Å². The summed E-state index contributed by atoms with van der Waals surface area (Å²) in [5, 5.41) is 0. The summed E-state index contributed by atoms with van der Waals surface area (Å²) in [7, 11) is 1.63. The minimum atomic E-state index is -0.360. The highest BCUT2D eigenvalue weighted by atomic mass is 16.5. The first-order valence-electron chi connectivity index (χ1n) is 11.1. The summed E-state index contributed by atoms with van der Waals surface area (Å²) in [5.41, 5.74) is 3.00. The fourth-order valence-electron chi connectivity index (χ4n) is 4.68. The van der Waals surface area contributed by atoms with Gasteiger partial charge in [-0.2, -0.15) is 0 Å². The van der Waals surface area contributed by atoms with Crippen molar-refractivity contribution >= 4 is 17.7 Å². The van der Waals surface area contributed by atoms with Gasteiger partial charge in [0.2, 0.25) is 0 Å². The van der Waals surface area contributed by atoms with Gasteiger partial charge in [-0.15, -0.1) is 0 Å². The molecule has 0 N–H and O–H groups in total. The molecule has 6 nitrogen and oxygen atoms in total. The van der Waals surface area contributed by atoms with E-state index in [1.54, 1.807) is 25.3 Å². The molecule has 6 heteroatoms. The number of carbonyl (C=O) groups is 3. The molecule has 1 saturated heterocycles. The molecule has 2 aliphatic rings. The summed E-state index contributed by atoms with van der Waals surface area (Å²) < 4.78 is 5.24. The fraction of sp³-hybridized carbons (Fsp3) is 0.222. The monoisotopic (exact) mass is 440 g/mol. The highest BCUT2D eigenvalue weighted by Gasteiger charge is 2.37. The number of carbonyl (C=O) groups excluding carboxylic acids is 3. The van der Waals surface area contributed by atoms with Crippen molar-refractivity contribution in [1.82, 2.24) is 9.80 Å². The van der Waals surface area contributed by atoms with Crippen LogP contribution in [0.25, 0.3) is 0 Å². The summed E-state index contributed by atoms with van der Waals surface area (Å²) in [6.07, 6.45) is 1.79. The van der Waals surface area contributed by atoms with Gasteiger partial charge in [-0.25, -0.2) is 0 Å². The van der Waals surface area contributed by atoms with Crippen molar-refractivity contribution in [1.29, 1.82) is 0 Å². The zero-order valence-corrected chi connectivity index (χ0v) is 18.4. The first kappa shape index (κ1) is 20.9. The second kappa shape index (κ2) is 8.54. The summed E-state index contributed by atoms with van der Waals surface area (Å²) in [6, 6.07) is 22.0. The highest BCUT2D eigenvalue weighted by Crippen LogP contribution is 2.34. The number of ether oxygens (including phenoxy) is 1. The Balaban J connectivity index is 1.38. The van der Waals surface area contributed by atoms with E-state index < -0.39 is 0 Å². The van der Waals surface area contributed by atoms with Crippen molar-refractivity contribution in [2.75, 3.05) is 13.7 Å². The van der Waals surface area contributed by atoms with E-state index in [0.717, 1.165) is 29.7 Å². The zero-order chi connectivity index (χ0) is 22.9. The lowest BCUT2D eigenvalue weighted by Crippen LogP contribution is -2.30. The number of imide groups is 1. The largest absolute Gasteiger partial charge is 0.497 e. The summed E-state index contributed by atoms with van der Waals surface area (Å²) in [6.45, 7) is 0.863. The van der Waals surface area contributed by atoms with Gasteiger partial charge in [-0.1, -0.05) is 42.5 Å². The van der Waals surface area contributed by atoms with Crippen LogP contribution in [-0.2, 0) is 6.54 Å². The number of methoxy groups -OCH3 is 1. The first-order chi connectivity index (χ1) is 16.1. The molecule has 0 bridgehead atoms. The molecule has 3 amide bonds. The van der Waals surface area contributed by atoms with Crippen LogP contribution in [0.5, 0.6) is 5.75 Å². The Hall–Kier alpha value is -3.93. The molecule has 1 atom stereocenters. The van der Waals surface area contributed by atoms with E-state index in [-0.39, 0.29) is 30.3 Å². The Morgan fingerprint density at radius 2 is 1.67 bits per heavy atom. The van der Waals surface area contributed by atoms with Crippen molar-refractivity contribution in [2.24, 2.45) is 0 Å². The maximum absolute atomic E-state index is 13.4. The molecule has 166 valence electrons. The number of amides is 3. The van der Waals surface area contributed by atoms with E-state index in [1.807, 2.05) is 59.5 Å². The molecular formula is C27H24N2O4. The molecule has 2 heterocycles. The molecule has 0 aromatic heterocycles. The molecule has 1 unspecified atom stereocenters. The fourth-order valence-corrected chi connectivity index (χ4v) is 4.68. The molecular weight excluding hydrogens is 416 g/mol. The lowest BCUT2D eigenvalue weighted by molar-refractivity contribution is 0.0641. The number of hydrogen-bond donors (Lipinski definition) is 0. The van der Waals surface area contributed by atoms with Gasteiger partial charge in [-0.3, -0.25) is 19.3 Å². The molecule has 1 fully saturated rings. The average molecular weight is 440 g/mol. The summed E-state index contributed by atoms with van der Waals surface area (Å²) >= 11 is 0. The third kappa shape index (κ3) is 3.78. The number of hydrogen-bond acceptors (Lipinski definition) is 4. The zero-order valence-electron chi connectivity index (χ0n) is 18.4. The smallest absolute Gasteiger partial charge is 0.261 e. The van der Waals surface area contributed by atoms with Crippen LogP contribution in [0.2, 0.25) is 0 Å². The van der Waals surface area contributed by atoms with Crippen LogP contribution in [0.4, 0.5) is 0 Å². The Kier molecular flexibility index (Phi) is 5.42. The topological polar surface area (TPSA) is 66.9 Å². The SMILES string of the molecule is COc1ccc(C2CCCN2C(=O)c2ccc3c(c2)C(=O)N(Cc2ccccc2)C3=O)cc1. The normalized spacial score (nSPS) is 17.4. The predicted octanol–water partition coefficient (Wildman–Crippen LogP) is 4.47. The van der Waals surface area contributed by atoms with E-state index in [0.29, 0.717) is 23.2 Å². The number of rotatable bonds is 5.